The van der Waals surface area contributed by atoms with E-state index in [1.54, 1.807) is 23.9 Å². The van der Waals surface area contributed by atoms with Crippen LogP contribution < -0.4 is 5.32 Å². The molecule has 0 aliphatic heterocycles. The minimum atomic E-state index is -0.340. The normalized spacial score (nSPS) is 11.0. The number of likely N-dealkylation sites (N-methyl/N-ethyl adjacent to an activating group) is 1. The fourth-order valence-electron chi connectivity index (χ4n) is 3.92. The molecule has 0 saturated carbocycles. The van der Waals surface area contributed by atoms with E-state index < -0.39 is 0 Å². The fraction of sp³-hybridized carbons (Fsp3) is 0.320. The zero-order valence-electron chi connectivity index (χ0n) is 19.4. The van der Waals surface area contributed by atoms with Gasteiger partial charge in [-0.3, -0.25) is 9.59 Å². The van der Waals surface area contributed by atoms with Gasteiger partial charge in [-0.2, -0.15) is 5.10 Å². The van der Waals surface area contributed by atoms with Crippen molar-refractivity contribution in [1.29, 1.82) is 0 Å². The molecule has 0 aliphatic rings. The molecule has 0 spiro atoms. The molecule has 0 atom stereocenters. The third-order valence-electron chi connectivity index (χ3n) is 5.32. The quantitative estimate of drug-likeness (QED) is 0.605. The highest BCUT2D eigenvalue weighted by atomic mass is 19.1. The Bertz CT molecular complexity index is 1130. The van der Waals surface area contributed by atoms with Gasteiger partial charge in [0.25, 0.3) is 5.91 Å². The molecule has 0 saturated heterocycles. The molecule has 2 amide bonds. The number of aryl methyl sites for hydroxylation is 3. The number of halogens is 1. The van der Waals surface area contributed by atoms with Crippen LogP contribution in [-0.4, -0.2) is 40.1 Å². The number of hydrogen-bond acceptors (Lipinski definition) is 3. The summed E-state index contributed by atoms with van der Waals surface area (Å²) >= 11 is 0. The molecule has 0 unspecified atom stereocenters. The third-order valence-corrected chi connectivity index (χ3v) is 5.32. The van der Waals surface area contributed by atoms with Crippen molar-refractivity contribution in [3.63, 3.8) is 0 Å². The second-order valence-corrected chi connectivity index (χ2v) is 8.47. The van der Waals surface area contributed by atoms with Crippen molar-refractivity contribution in [3.8, 4) is 5.69 Å². The summed E-state index contributed by atoms with van der Waals surface area (Å²) in [6.07, 6.45) is 1.50. The van der Waals surface area contributed by atoms with Crippen molar-refractivity contribution in [2.75, 3.05) is 18.9 Å². The number of carbonyl (C=O) groups excluding carboxylic acids is 2. The zero-order chi connectivity index (χ0) is 23.6. The highest BCUT2D eigenvalue weighted by molar-refractivity contribution is 6.00. The Morgan fingerprint density at radius 3 is 2.25 bits per heavy atom. The second-order valence-electron chi connectivity index (χ2n) is 8.47. The zero-order valence-corrected chi connectivity index (χ0v) is 19.4. The second kappa shape index (κ2) is 9.34. The summed E-state index contributed by atoms with van der Waals surface area (Å²) in [6, 6.07) is 9.96. The van der Waals surface area contributed by atoms with E-state index in [9.17, 15) is 14.0 Å². The number of benzene rings is 2. The molecular formula is C25H29FN4O2. The highest BCUT2D eigenvalue weighted by Crippen LogP contribution is 2.25. The van der Waals surface area contributed by atoms with Crippen LogP contribution in [0.1, 0.15) is 52.5 Å². The molecule has 3 rings (SSSR count). The van der Waals surface area contributed by atoms with Gasteiger partial charge in [-0.25, -0.2) is 9.07 Å². The van der Waals surface area contributed by atoms with E-state index >= 15 is 0 Å². The minimum absolute atomic E-state index is 0.0124. The van der Waals surface area contributed by atoms with Gasteiger partial charge < -0.3 is 10.2 Å². The number of aromatic nitrogens is 2. The number of nitrogens with zero attached hydrogens (tertiary/aromatic N) is 3. The average molecular weight is 437 g/mol. The van der Waals surface area contributed by atoms with Crippen LogP contribution in [0.25, 0.3) is 5.69 Å². The van der Waals surface area contributed by atoms with E-state index in [1.165, 1.54) is 23.2 Å². The van der Waals surface area contributed by atoms with E-state index in [0.717, 1.165) is 22.4 Å². The summed E-state index contributed by atoms with van der Waals surface area (Å²) in [7, 11) is 1.59. The van der Waals surface area contributed by atoms with E-state index in [2.05, 4.69) is 10.4 Å². The number of nitrogens with one attached hydrogen (secondary N) is 1. The lowest BCUT2D eigenvalue weighted by atomic mass is 10.0. The number of carbonyl (C=O) groups is 2. The number of hydrogen-bond donors (Lipinski definition) is 1. The van der Waals surface area contributed by atoms with Gasteiger partial charge in [0.15, 0.2) is 0 Å². The summed E-state index contributed by atoms with van der Waals surface area (Å²) < 4.78 is 15.0. The maximum Gasteiger partial charge on any atom is 0.257 e. The Hall–Kier alpha value is -3.48. The minimum Gasteiger partial charge on any atom is -0.332 e. The molecule has 7 heteroatoms. The maximum absolute atomic E-state index is 13.3. The summed E-state index contributed by atoms with van der Waals surface area (Å²) in [5.41, 5.74) is 5.65. The first-order valence-corrected chi connectivity index (χ1v) is 10.6. The first-order valence-electron chi connectivity index (χ1n) is 10.6. The molecule has 1 heterocycles. The van der Waals surface area contributed by atoms with Crippen molar-refractivity contribution in [3.05, 3.63) is 76.4 Å². The van der Waals surface area contributed by atoms with Crippen molar-refractivity contribution in [2.45, 2.75) is 40.5 Å². The van der Waals surface area contributed by atoms with Gasteiger partial charge in [-0.05, 0) is 62.1 Å². The van der Waals surface area contributed by atoms with Crippen LogP contribution in [0.5, 0.6) is 0 Å². The Kier molecular flexibility index (Phi) is 6.77. The van der Waals surface area contributed by atoms with Crippen molar-refractivity contribution >= 4 is 17.5 Å². The van der Waals surface area contributed by atoms with Gasteiger partial charge in [0, 0.05) is 12.7 Å². The fourth-order valence-corrected chi connectivity index (χ4v) is 3.92. The van der Waals surface area contributed by atoms with Gasteiger partial charge in [0.05, 0.1) is 29.7 Å². The van der Waals surface area contributed by atoms with Crippen LogP contribution >= 0.6 is 0 Å². The van der Waals surface area contributed by atoms with E-state index in [-0.39, 0.29) is 30.1 Å². The van der Waals surface area contributed by atoms with Crippen LogP contribution in [0.2, 0.25) is 0 Å². The number of amides is 2. The molecule has 0 fully saturated rings. The first-order chi connectivity index (χ1) is 15.1. The summed E-state index contributed by atoms with van der Waals surface area (Å²) in [5, 5.41) is 7.29. The summed E-state index contributed by atoms with van der Waals surface area (Å²) in [4.78, 5) is 27.2. The molecule has 0 radical (unpaired) electrons. The molecule has 1 N–H and O–H groups in total. The smallest absolute Gasteiger partial charge is 0.257 e. The van der Waals surface area contributed by atoms with Gasteiger partial charge in [0.2, 0.25) is 5.91 Å². The van der Waals surface area contributed by atoms with Gasteiger partial charge >= 0.3 is 0 Å². The molecule has 168 valence electrons. The van der Waals surface area contributed by atoms with Crippen LogP contribution in [0.15, 0.2) is 42.6 Å². The Morgan fingerprint density at radius 1 is 1.09 bits per heavy atom. The van der Waals surface area contributed by atoms with Crippen molar-refractivity contribution in [2.24, 2.45) is 0 Å². The molecule has 0 aliphatic carbocycles. The predicted molar refractivity (Wildman–Crippen MR) is 124 cm³/mol. The average Bonchev–Trinajstić information content (AvgIpc) is 3.16. The summed E-state index contributed by atoms with van der Waals surface area (Å²) in [6.45, 7) is 9.74. The molecule has 2 aromatic carbocycles. The Balaban J connectivity index is 1.80. The molecule has 32 heavy (non-hydrogen) atoms. The van der Waals surface area contributed by atoms with Crippen molar-refractivity contribution < 1.29 is 14.0 Å². The Morgan fingerprint density at radius 2 is 1.69 bits per heavy atom. The van der Waals surface area contributed by atoms with E-state index in [0.29, 0.717) is 16.9 Å². The third kappa shape index (κ3) is 4.88. The van der Waals surface area contributed by atoms with Gasteiger partial charge in [0.1, 0.15) is 5.82 Å². The lowest BCUT2D eigenvalue weighted by molar-refractivity contribution is -0.116. The molecule has 3 aromatic rings. The molecule has 6 nitrogen and oxygen atoms in total. The van der Waals surface area contributed by atoms with Gasteiger partial charge in [-0.1, -0.05) is 31.5 Å². The van der Waals surface area contributed by atoms with Crippen LogP contribution in [-0.2, 0) is 4.79 Å². The standard InChI is InChI=1S/C25H29FN4O2/c1-15(2)24-21(13-27-30(24)20-9-7-19(26)8-10-20)25(32)29(6)14-22(31)28-23-17(4)11-16(3)12-18(23)5/h7-13,15H,14H2,1-6H3,(H,28,31). The van der Waals surface area contributed by atoms with E-state index in [4.69, 9.17) is 0 Å². The topological polar surface area (TPSA) is 67.2 Å². The lowest BCUT2D eigenvalue weighted by Gasteiger charge is -2.19. The van der Waals surface area contributed by atoms with Crippen LogP contribution in [0.4, 0.5) is 10.1 Å². The maximum atomic E-state index is 13.3. The highest BCUT2D eigenvalue weighted by Gasteiger charge is 2.24. The van der Waals surface area contributed by atoms with E-state index in [1.807, 2.05) is 46.8 Å². The van der Waals surface area contributed by atoms with Crippen LogP contribution in [0, 0.1) is 26.6 Å². The molecule has 0 bridgehead atoms. The van der Waals surface area contributed by atoms with Crippen LogP contribution in [0.3, 0.4) is 0 Å². The predicted octanol–water partition coefficient (Wildman–Crippen LogP) is 4.77. The molecular weight excluding hydrogens is 407 g/mol. The largest absolute Gasteiger partial charge is 0.332 e. The monoisotopic (exact) mass is 436 g/mol. The van der Waals surface area contributed by atoms with Gasteiger partial charge in [-0.15, -0.1) is 0 Å². The number of anilines is 1. The summed E-state index contributed by atoms with van der Waals surface area (Å²) in [5.74, 6) is -0.919. The van der Waals surface area contributed by atoms with Crippen molar-refractivity contribution in [1.82, 2.24) is 14.7 Å². The molecule has 1 aromatic heterocycles. The number of rotatable bonds is 6. The first kappa shape index (κ1) is 23.2. The SMILES string of the molecule is Cc1cc(C)c(NC(=O)CN(C)C(=O)c2cnn(-c3ccc(F)cc3)c2C(C)C)c(C)c1. The lowest BCUT2D eigenvalue weighted by Crippen LogP contribution is -2.35. The Labute approximate surface area is 188 Å².